The van der Waals surface area contributed by atoms with Gasteiger partial charge >= 0.3 is 21.6 Å². The smallest absolute Gasteiger partial charge is 0.478 e. The molecule has 0 aliphatic rings. The Labute approximate surface area is 119 Å². The number of hydrogen-bond donors (Lipinski definition) is 8. The summed E-state index contributed by atoms with van der Waals surface area (Å²) in [5, 5.41) is 8.38. The molecule has 0 aromatic rings. The molecule has 0 fully saturated rings. The summed E-state index contributed by atoms with van der Waals surface area (Å²) in [4.78, 5) is 44.9. The maximum absolute atomic E-state index is 10.2. The number of phosphoric acid groups is 2. The molecule has 0 aliphatic carbocycles. The molecule has 11 N–H and O–H groups in total. The summed E-state index contributed by atoms with van der Waals surface area (Å²) in [6.07, 6.45) is 0.956. The quantitative estimate of drug-likeness (QED) is 0.104. The number of aliphatic carboxylic acids is 1. The summed E-state index contributed by atoms with van der Waals surface area (Å²) in [5.41, 5.74) is 15.3. The van der Waals surface area contributed by atoms with Gasteiger partial charge in [-0.05, 0) is 12.8 Å². The number of aliphatic imine (C=N–C) groups is 1. The third-order valence-electron chi connectivity index (χ3n) is 1.50. The molecule has 0 bridgehead atoms. The van der Waals surface area contributed by atoms with Gasteiger partial charge in [0.1, 0.15) is 6.04 Å². The lowest BCUT2D eigenvalue weighted by molar-refractivity contribution is -0.138. The van der Waals surface area contributed by atoms with Crippen LogP contribution in [0.1, 0.15) is 12.8 Å². The van der Waals surface area contributed by atoms with Crippen molar-refractivity contribution in [3.05, 3.63) is 0 Å². The first kappa shape index (κ1) is 22.2. The van der Waals surface area contributed by atoms with Gasteiger partial charge in [0.2, 0.25) is 0 Å². The van der Waals surface area contributed by atoms with E-state index >= 15 is 0 Å². The monoisotopic (exact) mass is 352 g/mol. The summed E-state index contributed by atoms with van der Waals surface area (Å²) >= 11 is 0. The van der Waals surface area contributed by atoms with E-state index in [1.807, 2.05) is 0 Å². The van der Waals surface area contributed by atoms with E-state index in [9.17, 15) is 13.9 Å². The number of hydrogen-bond acceptors (Lipinski definition) is 6. The van der Waals surface area contributed by atoms with Crippen LogP contribution in [0.4, 0.5) is 0 Å². The molecule has 0 saturated heterocycles. The number of nitrogens with two attached hydrogens (primary N) is 3. The SMILES string of the molecule is NC(N)=NCCCC(N)C(=O)O.O=P(O)(O)OP(=O)(O)O. The van der Waals surface area contributed by atoms with E-state index in [1.165, 1.54) is 0 Å². The Morgan fingerprint density at radius 3 is 1.81 bits per heavy atom. The Bertz CT molecular complexity index is 420. The average Bonchev–Trinajstić information content (AvgIpc) is 2.19. The maximum Gasteiger partial charge on any atom is 0.478 e. The van der Waals surface area contributed by atoms with Crippen LogP contribution >= 0.6 is 15.6 Å². The van der Waals surface area contributed by atoms with Crippen molar-refractivity contribution >= 4 is 27.6 Å². The summed E-state index contributed by atoms with van der Waals surface area (Å²) in [6.45, 7) is 0.420. The lowest BCUT2D eigenvalue weighted by atomic mass is 10.2. The van der Waals surface area contributed by atoms with Crippen molar-refractivity contribution in [2.24, 2.45) is 22.2 Å². The number of guanidine groups is 1. The summed E-state index contributed by atoms with van der Waals surface area (Å²) in [5.74, 6) is -0.987. The molecule has 0 rings (SSSR count). The van der Waals surface area contributed by atoms with Gasteiger partial charge < -0.3 is 41.9 Å². The van der Waals surface area contributed by atoms with Crippen molar-refractivity contribution in [1.29, 1.82) is 0 Å². The summed E-state index contributed by atoms with van der Waals surface area (Å²) < 4.78 is 22.2. The van der Waals surface area contributed by atoms with Crippen molar-refractivity contribution in [3.63, 3.8) is 0 Å². The van der Waals surface area contributed by atoms with Crippen LogP contribution in [0.25, 0.3) is 0 Å². The zero-order chi connectivity index (χ0) is 17.3. The molecule has 21 heavy (non-hydrogen) atoms. The number of nitrogens with zero attached hydrogens (tertiary/aromatic N) is 1. The molecule has 0 aromatic carbocycles. The van der Waals surface area contributed by atoms with Crippen LogP contribution in [0.15, 0.2) is 4.99 Å². The highest BCUT2D eigenvalue weighted by Gasteiger charge is 2.27. The standard InChI is InChI=1S/C6H14N4O2.H4O7P2/c7-4(5(11)12)2-1-3-10-6(8)9;1-8(2,3)7-9(4,5)6/h4H,1-3,7H2,(H,11,12)(H4,8,9,10);(H2,1,2,3)(H2,4,5,6). The van der Waals surface area contributed by atoms with Gasteiger partial charge in [-0.2, -0.15) is 4.31 Å². The lowest BCUT2D eigenvalue weighted by Crippen LogP contribution is -2.30. The molecule has 0 aromatic heterocycles. The topological polar surface area (TPSA) is 252 Å². The minimum atomic E-state index is -5.05. The fraction of sp³-hybridized carbons (Fsp3) is 0.667. The fourth-order valence-electron chi connectivity index (χ4n) is 0.781. The zero-order valence-electron chi connectivity index (χ0n) is 10.6. The first-order valence-corrected chi connectivity index (χ1v) is 8.17. The molecule has 0 aliphatic heterocycles. The van der Waals surface area contributed by atoms with Gasteiger partial charge in [-0.15, -0.1) is 0 Å². The van der Waals surface area contributed by atoms with E-state index in [0.29, 0.717) is 19.4 Å². The molecular formula is C6H18N4O9P2. The van der Waals surface area contributed by atoms with E-state index in [4.69, 9.17) is 41.9 Å². The average molecular weight is 352 g/mol. The van der Waals surface area contributed by atoms with Crippen molar-refractivity contribution in [2.45, 2.75) is 18.9 Å². The van der Waals surface area contributed by atoms with E-state index in [2.05, 4.69) is 9.30 Å². The molecule has 0 heterocycles. The molecule has 13 nitrogen and oxygen atoms in total. The van der Waals surface area contributed by atoms with Gasteiger partial charge in [0.25, 0.3) is 0 Å². The molecular weight excluding hydrogens is 334 g/mol. The number of carboxylic acid groups (broad SMARTS) is 1. The fourth-order valence-corrected chi connectivity index (χ4v) is 1.89. The van der Waals surface area contributed by atoms with Crippen LogP contribution in [-0.2, 0) is 18.2 Å². The Kier molecular flexibility index (Phi) is 10.4. The highest BCUT2D eigenvalue weighted by atomic mass is 31.3. The van der Waals surface area contributed by atoms with E-state index in [0.717, 1.165) is 0 Å². The first-order chi connectivity index (χ1) is 9.24. The van der Waals surface area contributed by atoms with Gasteiger partial charge in [0.15, 0.2) is 5.96 Å². The molecule has 0 amide bonds. The zero-order valence-corrected chi connectivity index (χ0v) is 12.4. The molecule has 126 valence electrons. The second-order valence-electron chi connectivity index (χ2n) is 3.46. The predicted molar refractivity (Wildman–Crippen MR) is 70.7 cm³/mol. The van der Waals surface area contributed by atoms with Gasteiger partial charge in [0.05, 0.1) is 0 Å². The Morgan fingerprint density at radius 1 is 1.14 bits per heavy atom. The van der Waals surface area contributed by atoms with Crippen LogP contribution in [0.5, 0.6) is 0 Å². The maximum atomic E-state index is 10.2. The summed E-state index contributed by atoms with van der Waals surface area (Å²) in [7, 11) is -10.1. The largest absolute Gasteiger partial charge is 0.480 e. The van der Waals surface area contributed by atoms with Crippen molar-refractivity contribution in [1.82, 2.24) is 0 Å². The van der Waals surface area contributed by atoms with Crippen LogP contribution in [-0.4, -0.2) is 49.2 Å². The van der Waals surface area contributed by atoms with Gasteiger partial charge in [-0.25, -0.2) is 9.13 Å². The van der Waals surface area contributed by atoms with Crippen LogP contribution < -0.4 is 17.2 Å². The highest BCUT2D eigenvalue weighted by molar-refractivity contribution is 7.60. The van der Waals surface area contributed by atoms with Gasteiger partial charge in [0, 0.05) is 6.54 Å². The predicted octanol–water partition coefficient (Wildman–Crippen LogP) is -2.36. The number of carbonyl (C=O) groups is 1. The minimum Gasteiger partial charge on any atom is -0.480 e. The van der Waals surface area contributed by atoms with Crippen molar-refractivity contribution in [3.8, 4) is 0 Å². The lowest BCUT2D eigenvalue weighted by Gasteiger charge is -2.03. The van der Waals surface area contributed by atoms with Crippen LogP contribution in [0.2, 0.25) is 0 Å². The molecule has 1 atom stereocenters. The second kappa shape index (κ2) is 9.82. The van der Waals surface area contributed by atoms with Crippen LogP contribution in [0, 0.1) is 0 Å². The Balaban J connectivity index is 0. The molecule has 15 heteroatoms. The van der Waals surface area contributed by atoms with E-state index in [1.54, 1.807) is 0 Å². The number of rotatable bonds is 7. The van der Waals surface area contributed by atoms with E-state index < -0.39 is 27.7 Å². The highest BCUT2D eigenvalue weighted by Crippen LogP contribution is 2.53. The first-order valence-electron chi connectivity index (χ1n) is 5.11. The molecule has 0 radical (unpaired) electrons. The van der Waals surface area contributed by atoms with E-state index in [-0.39, 0.29) is 5.96 Å². The second-order valence-corrected chi connectivity index (χ2v) is 6.07. The summed E-state index contributed by atoms with van der Waals surface area (Å²) in [6, 6.07) is -0.820. The van der Waals surface area contributed by atoms with Crippen molar-refractivity contribution in [2.75, 3.05) is 6.54 Å². The number of carboxylic acids is 1. The minimum absolute atomic E-state index is 0.0129. The Morgan fingerprint density at radius 2 is 1.57 bits per heavy atom. The third-order valence-corrected chi connectivity index (χ3v) is 3.20. The molecule has 0 saturated carbocycles. The van der Waals surface area contributed by atoms with Gasteiger partial charge in [-0.1, -0.05) is 0 Å². The molecule has 1 unspecified atom stereocenters. The van der Waals surface area contributed by atoms with Gasteiger partial charge in [-0.3, -0.25) is 9.79 Å². The normalized spacial score (nSPS) is 12.8. The van der Waals surface area contributed by atoms with Crippen molar-refractivity contribution < 1.29 is 42.9 Å². The van der Waals surface area contributed by atoms with Crippen LogP contribution in [0.3, 0.4) is 0 Å². The Hall–Kier alpha value is -1.04. The molecule has 0 spiro atoms. The third kappa shape index (κ3) is 21.4.